The molecule has 0 bridgehead atoms. The quantitative estimate of drug-likeness (QED) is 0.308. The number of aliphatic hydroxyl groups excluding tert-OH is 4. The molecule has 0 radical (unpaired) electrons. The molecule has 6 heteroatoms. The minimum atomic E-state index is -1.77. The standard InChI is InChI=1S/C7H14O6/c1-7(12)3(2-8)13-6(11)4(9)5(7)10/h3-6,8-12H,2H2,1H3. The van der Waals surface area contributed by atoms with E-state index in [0.29, 0.717) is 0 Å². The van der Waals surface area contributed by atoms with E-state index in [1.807, 2.05) is 0 Å². The minimum Gasteiger partial charge on any atom is -0.394 e. The van der Waals surface area contributed by atoms with Gasteiger partial charge in [-0.15, -0.1) is 0 Å². The maximum atomic E-state index is 9.58. The van der Waals surface area contributed by atoms with Crippen LogP contribution in [0.3, 0.4) is 0 Å². The van der Waals surface area contributed by atoms with E-state index in [4.69, 9.17) is 15.3 Å². The normalized spacial score (nSPS) is 52.2. The Morgan fingerprint density at radius 1 is 1.31 bits per heavy atom. The molecule has 1 saturated heterocycles. The van der Waals surface area contributed by atoms with Crippen molar-refractivity contribution in [2.45, 2.75) is 37.1 Å². The van der Waals surface area contributed by atoms with Gasteiger partial charge in [0, 0.05) is 0 Å². The molecule has 6 nitrogen and oxygen atoms in total. The molecule has 1 heterocycles. The van der Waals surface area contributed by atoms with Crippen LogP contribution in [-0.2, 0) is 4.74 Å². The highest BCUT2D eigenvalue weighted by Gasteiger charge is 2.51. The topological polar surface area (TPSA) is 110 Å². The number of hydrogen-bond acceptors (Lipinski definition) is 6. The maximum absolute atomic E-state index is 9.58. The number of ether oxygens (including phenoxy) is 1. The van der Waals surface area contributed by atoms with Gasteiger partial charge in [0.1, 0.15) is 23.9 Å². The van der Waals surface area contributed by atoms with Gasteiger partial charge in [0.2, 0.25) is 0 Å². The Morgan fingerprint density at radius 2 is 1.85 bits per heavy atom. The fraction of sp³-hybridized carbons (Fsp3) is 1.00. The van der Waals surface area contributed by atoms with Crippen molar-refractivity contribution in [2.75, 3.05) is 6.61 Å². The lowest BCUT2D eigenvalue weighted by atomic mass is 9.86. The highest BCUT2D eigenvalue weighted by atomic mass is 16.6. The zero-order chi connectivity index (χ0) is 10.2. The molecule has 0 amide bonds. The molecule has 0 saturated carbocycles. The van der Waals surface area contributed by atoms with Gasteiger partial charge in [-0.05, 0) is 6.92 Å². The largest absolute Gasteiger partial charge is 0.394 e. The van der Waals surface area contributed by atoms with E-state index in [1.54, 1.807) is 0 Å². The molecule has 13 heavy (non-hydrogen) atoms. The average molecular weight is 194 g/mol. The molecule has 5 unspecified atom stereocenters. The summed E-state index contributed by atoms with van der Waals surface area (Å²) >= 11 is 0. The van der Waals surface area contributed by atoms with E-state index in [-0.39, 0.29) is 0 Å². The van der Waals surface area contributed by atoms with E-state index in [0.717, 1.165) is 0 Å². The first-order valence-electron chi connectivity index (χ1n) is 3.94. The molecule has 0 aliphatic carbocycles. The van der Waals surface area contributed by atoms with Gasteiger partial charge >= 0.3 is 0 Å². The van der Waals surface area contributed by atoms with Crippen molar-refractivity contribution in [1.29, 1.82) is 0 Å². The minimum absolute atomic E-state index is 0.548. The molecule has 5 N–H and O–H groups in total. The van der Waals surface area contributed by atoms with Crippen molar-refractivity contribution >= 4 is 0 Å². The molecule has 0 aromatic heterocycles. The van der Waals surface area contributed by atoms with Gasteiger partial charge in [-0.1, -0.05) is 0 Å². The smallest absolute Gasteiger partial charge is 0.184 e. The highest BCUT2D eigenvalue weighted by Crippen LogP contribution is 2.28. The van der Waals surface area contributed by atoms with Crippen molar-refractivity contribution in [1.82, 2.24) is 0 Å². The molecular weight excluding hydrogens is 180 g/mol. The third kappa shape index (κ3) is 1.69. The Labute approximate surface area is 75.0 Å². The summed E-state index contributed by atoms with van der Waals surface area (Å²) in [5.74, 6) is 0. The molecule has 1 rings (SSSR count). The molecule has 1 fully saturated rings. The van der Waals surface area contributed by atoms with Crippen LogP contribution in [0.5, 0.6) is 0 Å². The number of aliphatic hydroxyl groups is 5. The Hall–Kier alpha value is -0.240. The predicted molar refractivity (Wildman–Crippen MR) is 40.6 cm³/mol. The van der Waals surface area contributed by atoms with Crippen LogP contribution in [0.15, 0.2) is 0 Å². The van der Waals surface area contributed by atoms with Gasteiger partial charge in [0.05, 0.1) is 6.61 Å². The molecular formula is C7H14O6. The molecule has 1 aliphatic rings. The Kier molecular flexibility index (Phi) is 2.91. The first kappa shape index (κ1) is 10.8. The van der Waals surface area contributed by atoms with E-state index >= 15 is 0 Å². The Morgan fingerprint density at radius 3 is 2.31 bits per heavy atom. The van der Waals surface area contributed by atoms with Gasteiger partial charge in [-0.3, -0.25) is 0 Å². The van der Waals surface area contributed by atoms with E-state index in [1.165, 1.54) is 6.92 Å². The van der Waals surface area contributed by atoms with Gasteiger partial charge < -0.3 is 30.3 Å². The summed E-state index contributed by atoms with van der Waals surface area (Å²) in [6, 6.07) is 0. The fourth-order valence-corrected chi connectivity index (χ4v) is 1.31. The summed E-state index contributed by atoms with van der Waals surface area (Å²) in [7, 11) is 0. The first-order chi connectivity index (χ1) is 5.91. The van der Waals surface area contributed by atoms with E-state index in [9.17, 15) is 10.2 Å². The zero-order valence-electron chi connectivity index (χ0n) is 7.16. The van der Waals surface area contributed by atoms with Crippen LogP contribution in [-0.4, -0.2) is 62.3 Å². The summed E-state index contributed by atoms with van der Waals surface area (Å²) in [6.45, 7) is 0.668. The van der Waals surface area contributed by atoms with Crippen molar-refractivity contribution in [3.63, 3.8) is 0 Å². The summed E-state index contributed by atoms with van der Waals surface area (Å²) in [5.41, 5.74) is -1.77. The van der Waals surface area contributed by atoms with Gasteiger partial charge in [0.15, 0.2) is 6.29 Å². The van der Waals surface area contributed by atoms with Crippen LogP contribution in [0.1, 0.15) is 6.92 Å². The maximum Gasteiger partial charge on any atom is 0.184 e. The molecule has 0 aromatic carbocycles. The molecule has 78 valence electrons. The second-order valence-corrected chi connectivity index (χ2v) is 3.36. The Bertz CT molecular complexity index is 178. The van der Waals surface area contributed by atoms with Crippen molar-refractivity contribution < 1.29 is 30.3 Å². The lowest BCUT2D eigenvalue weighted by molar-refractivity contribution is -0.316. The predicted octanol–water partition coefficient (Wildman–Crippen LogP) is -2.83. The van der Waals surface area contributed by atoms with Crippen molar-refractivity contribution in [3.05, 3.63) is 0 Å². The van der Waals surface area contributed by atoms with Crippen LogP contribution in [0.2, 0.25) is 0 Å². The number of rotatable bonds is 1. The summed E-state index contributed by atoms with van der Waals surface area (Å²) in [5, 5.41) is 45.8. The van der Waals surface area contributed by atoms with E-state index < -0.39 is 36.8 Å². The fourth-order valence-electron chi connectivity index (χ4n) is 1.31. The molecule has 0 spiro atoms. The second-order valence-electron chi connectivity index (χ2n) is 3.36. The lowest BCUT2D eigenvalue weighted by Gasteiger charge is -2.44. The van der Waals surface area contributed by atoms with Crippen LogP contribution >= 0.6 is 0 Å². The van der Waals surface area contributed by atoms with Crippen LogP contribution in [0, 0.1) is 0 Å². The van der Waals surface area contributed by atoms with Crippen molar-refractivity contribution in [3.8, 4) is 0 Å². The summed E-state index contributed by atoms with van der Waals surface area (Å²) in [6.07, 6.45) is -5.82. The van der Waals surface area contributed by atoms with Gasteiger partial charge in [0.25, 0.3) is 0 Å². The third-order valence-electron chi connectivity index (χ3n) is 2.34. The Balaban J connectivity index is 2.82. The third-order valence-corrected chi connectivity index (χ3v) is 2.34. The number of hydrogen-bond donors (Lipinski definition) is 5. The van der Waals surface area contributed by atoms with Crippen LogP contribution in [0.25, 0.3) is 0 Å². The van der Waals surface area contributed by atoms with Gasteiger partial charge in [-0.2, -0.15) is 0 Å². The lowest BCUT2D eigenvalue weighted by Crippen LogP contribution is -2.65. The van der Waals surface area contributed by atoms with Crippen LogP contribution < -0.4 is 0 Å². The molecule has 0 aromatic rings. The SMILES string of the molecule is CC1(O)C(CO)OC(O)C(O)C1O. The van der Waals surface area contributed by atoms with Gasteiger partial charge in [-0.25, -0.2) is 0 Å². The average Bonchev–Trinajstić information content (AvgIpc) is 2.08. The van der Waals surface area contributed by atoms with Crippen LogP contribution in [0.4, 0.5) is 0 Å². The monoisotopic (exact) mass is 194 g/mol. The van der Waals surface area contributed by atoms with E-state index in [2.05, 4.69) is 4.74 Å². The highest BCUT2D eigenvalue weighted by molar-refractivity contribution is 4.98. The molecule has 5 atom stereocenters. The summed E-state index contributed by atoms with van der Waals surface area (Å²) < 4.78 is 4.68. The second kappa shape index (κ2) is 3.49. The zero-order valence-corrected chi connectivity index (χ0v) is 7.16. The van der Waals surface area contributed by atoms with Crippen molar-refractivity contribution in [2.24, 2.45) is 0 Å². The summed E-state index contributed by atoms with van der Waals surface area (Å²) in [4.78, 5) is 0. The first-order valence-corrected chi connectivity index (χ1v) is 3.94. The molecule has 1 aliphatic heterocycles.